The zero-order valence-corrected chi connectivity index (χ0v) is 8.98. The normalized spacial score (nSPS) is 14.1. The molecule has 1 aromatic carbocycles. The second kappa shape index (κ2) is 4.37. The van der Waals surface area contributed by atoms with E-state index in [4.69, 9.17) is 5.73 Å². The summed E-state index contributed by atoms with van der Waals surface area (Å²) in [5, 5.41) is 4.52. The van der Waals surface area contributed by atoms with Crippen LogP contribution in [0.2, 0.25) is 0 Å². The van der Waals surface area contributed by atoms with Gasteiger partial charge in [-0.25, -0.2) is 0 Å². The Labute approximate surface area is 96.0 Å². The lowest BCUT2D eigenvalue weighted by atomic mass is 10.2. The van der Waals surface area contributed by atoms with Crippen LogP contribution in [0, 0.1) is 0 Å². The van der Waals surface area contributed by atoms with Crippen LogP contribution < -0.4 is 5.73 Å². The van der Waals surface area contributed by atoms with Crippen molar-refractivity contribution >= 4 is 10.9 Å². The van der Waals surface area contributed by atoms with E-state index in [0.29, 0.717) is 10.9 Å². The van der Waals surface area contributed by atoms with Crippen molar-refractivity contribution in [1.29, 1.82) is 0 Å². The van der Waals surface area contributed by atoms with Gasteiger partial charge < -0.3 is 5.73 Å². The van der Waals surface area contributed by atoms with Crippen LogP contribution in [0.5, 0.6) is 0 Å². The summed E-state index contributed by atoms with van der Waals surface area (Å²) in [5.74, 6) is 0. The van der Waals surface area contributed by atoms with Crippen molar-refractivity contribution in [2.24, 2.45) is 5.73 Å². The van der Waals surface area contributed by atoms with Gasteiger partial charge in [0.1, 0.15) is 6.04 Å². The molecule has 3 nitrogen and oxygen atoms in total. The average molecular weight is 243 g/mol. The number of hydrogen-bond acceptors (Lipinski definition) is 2. The first kappa shape index (κ1) is 11.9. The molecule has 0 aliphatic rings. The Balaban J connectivity index is 2.49. The van der Waals surface area contributed by atoms with Crippen molar-refractivity contribution in [2.45, 2.75) is 18.6 Å². The van der Waals surface area contributed by atoms with E-state index in [9.17, 15) is 13.2 Å². The van der Waals surface area contributed by atoms with Gasteiger partial charge >= 0.3 is 6.18 Å². The number of para-hydroxylation sites is 1. The van der Waals surface area contributed by atoms with Crippen molar-refractivity contribution in [1.82, 2.24) is 9.78 Å². The van der Waals surface area contributed by atoms with Crippen LogP contribution in [-0.2, 0) is 0 Å². The Morgan fingerprint density at radius 1 is 1.29 bits per heavy atom. The monoisotopic (exact) mass is 243 g/mol. The number of nitrogens with zero attached hydrogens (tertiary/aromatic N) is 2. The maximum atomic E-state index is 12.9. The lowest BCUT2D eigenvalue weighted by Crippen LogP contribution is -2.29. The Morgan fingerprint density at radius 2 is 2.00 bits per heavy atom. The van der Waals surface area contributed by atoms with Gasteiger partial charge in [0, 0.05) is 5.39 Å². The van der Waals surface area contributed by atoms with Gasteiger partial charge in [0.2, 0.25) is 0 Å². The molecule has 0 spiro atoms. The molecule has 0 saturated heterocycles. The fourth-order valence-electron chi connectivity index (χ4n) is 1.82. The van der Waals surface area contributed by atoms with Crippen molar-refractivity contribution in [3.8, 4) is 0 Å². The lowest BCUT2D eigenvalue weighted by molar-refractivity contribution is -0.170. The molecule has 6 heteroatoms. The molecule has 92 valence electrons. The zero-order valence-electron chi connectivity index (χ0n) is 8.98. The van der Waals surface area contributed by atoms with E-state index in [2.05, 4.69) is 5.10 Å². The zero-order chi connectivity index (χ0) is 12.5. The molecule has 1 aromatic heterocycles. The molecule has 0 aliphatic carbocycles. The first-order chi connectivity index (χ1) is 8.04. The van der Waals surface area contributed by atoms with Crippen molar-refractivity contribution in [3.05, 3.63) is 30.5 Å². The van der Waals surface area contributed by atoms with Gasteiger partial charge in [-0.3, -0.25) is 4.68 Å². The molecule has 1 unspecified atom stereocenters. The summed E-state index contributed by atoms with van der Waals surface area (Å²) in [7, 11) is 0. The summed E-state index contributed by atoms with van der Waals surface area (Å²) in [6.07, 6.45) is -3.08. The van der Waals surface area contributed by atoms with Crippen molar-refractivity contribution in [3.63, 3.8) is 0 Å². The number of alkyl halides is 3. The highest BCUT2D eigenvalue weighted by atomic mass is 19.4. The minimum atomic E-state index is -4.34. The molecule has 2 aromatic rings. The molecule has 0 amide bonds. The minimum absolute atomic E-state index is 0.0294. The molecule has 0 radical (unpaired) electrons. The molecular weight excluding hydrogens is 231 g/mol. The summed E-state index contributed by atoms with van der Waals surface area (Å²) < 4.78 is 39.6. The van der Waals surface area contributed by atoms with Crippen LogP contribution >= 0.6 is 0 Å². The number of aromatic nitrogens is 2. The number of rotatable bonds is 3. The first-order valence-corrected chi connectivity index (χ1v) is 5.23. The van der Waals surface area contributed by atoms with Crippen LogP contribution in [0.3, 0.4) is 0 Å². The highest BCUT2D eigenvalue weighted by Crippen LogP contribution is 2.34. The molecular formula is C11H12F3N3. The van der Waals surface area contributed by atoms with E-state index < -0.39 is 12.2 Å². The molecule has 2 rings (SSSR count). The molecule has 0 fully saturated rings. The fraction of sp³-hybridized carbons (Fsp3) is 0.364. The van der Waals surface area contributed by atoms with E-state index in [1.54, 1.807) is 24.3 Å². The van der Waals surface area contributed by atoms with Gasteiger partial charge in [-0.1, -0.05) is 18.2 Å². The maximum absolute atomic E-state index is 12.9. The SMILES string of the molecule is NCCC(n1ncc2ccccc21)C(F)(F)F. The number of halogens is 3. The largest absolute Gasteiger partial charge is 0.410 e. The fourth-order valence-corrected chi connectivity index (χ4v) is 1.82. The molecule has 0 saturated carbocycles. The highest BCUT2D eigenvalue weighted by Gasteiger charge is 2.41. The highest BCUT2D eigenvalue weighted by molar-refractivity contribution is 5.78. The Kier molecular flexibility index (Phi) is 3.06. The van der Waals surface area contributed by atoms with Gasteiger partial charge in [0.05, 0.1) is 11.7 Å². The topological polar surface area (TPSA) is 43.8 Å². The van der Waals surface area contributed by atoms with Crippen LogP contribution in [0.25, 0.3) is 10.9 Å². The smallest absolute Gasteiger partial charge is 0.330 e. The number of benzene rings is 1. The lowest BCUT2D eigenvalue weighted by Gasteiger charge is -2.20. The third-order valence-electron chi connectivity index (χ3n) is 2.62. The Morgan fingerprint density at radius 3 is 2.65 bits per heavy atom. The van der Waals surface area contributed by atoms with Gasteiger partial charge in [0.25, 0.3) is 0 Å². The van der Waals surface area contributed by atoms with Crippen molar-refractivity contribution in [2.75, 3.05) is 6.54 Å². The number of nitrogens with two attached hydrogens (primary N) is 1. The molecule has 1 atom stereocenters. The maximum Gasteiger partial charge on any atom is 0.410 e. The summed E-state index contributed by atoms with van der Waals surface area (Å²) in [5.41, 5.74) is 5.71. The Hall–Kier alpha value is -1.56. The second-order valence-electron chi connectivity index (χ2n) is 3.78. The van der Waals surface area contributed by atoms with Crippen LogP contribution in [0.15, 0.2) is 30.5 Å². The first-order valence-electron chi connectivity index (χ1n) is 5.23. The van der Waals surface area contributed by atoms with Crippen LogP contribution in [0.4, 0.5) is 13.2 Å². The molecule has 2 N–H and O–H groups in total. The van der Waals surface area contributed by atoms with Crippen LogP contribution in [0.1, 0.15) is 12.5 Å². The summed E-state index contributed by atoms with van der Waals surface area (Å²) in [6, 6.07) is 5.15. The van der Waals surface area contributed by atoms with Gasteiger partial charge in [0.15, 0.2) is 0 Å². The average Bonchev–Trinajstić information content (AvgIpc) is 2.68. The van der Waals surface area contributed by atoms with E-state index >= 15 is 0 Å². The van der Waals surface area contributed by atoms with E-state index in [0.717, 1.165) is 4.68 Å². The second-order valence-corrected chi connectivity index (χ2v) is 3.78. The van der Waals surface area contributed by atoms with Gasteiger partial charge in [-0.15, -0.1) is 0 Å². The summed E-state index contributed by atoms with van der Waals surface area (Å²) in [6.45, 7) is -0.0294. The third-order valence-corrected chi connectivity index (χ3v) is 2.62. The predicted octanol–water partition coefficient (Wildman–Crippen LogP) is 2.49. The summed E-state index contributed by atoms with van der Waals surface area (Å²) >= 11 is 0. The third kappa shape index (κ3) is 2.26. The quantitative estimate of drug-likeness (QED) is 0.900. The van der Waals surface area contributed by atoms with E-state index in [1.807, 2.05) is 0 Å². The number of fused-ring (bicyclic) bond motifs is 1. The van der Waals surface area contributed by atoms with E-state index in [1.165, 1.54) is 6.20 Å². The van der Waals surface area contributed by atoms with Crippen molar-refractivity contribution < 1.29 is 13.2 Å². The molecule has 0 aliphatic heterocycles. The summed E-state index contributed by atoms with van der Waals surface area (Å²) in [4.78, 5) is 0. The molecule has 17 heavy (non-hydrogen) atoms. The minimum Gasteiger partial charge on any atom is -0.330 e. The number of hydrogen-bond donors (Lipinski definition) is 1. The van der Waals surface area contributed by atoms with Crippen LogP contribution in [-0.4, -0.2) is 22.5 Å². The van der Waals surface area contributed by atoms with Gasteiger partial charge in [-0.05, 0) is 19.0 Å². The van der Waals surface area contributed by atoms with Gasteiger partial charge in [-0.2, -0.15) is 18.3 Å². The predicted molar refractivity (Wildman–Crippen MR) is 58.5 cm³/mol. The molecule has 1 heterocycles. The molecule has 0 bridgehead atoms. The Bertz CT molecular complexity index is 504. The standard InChI is InChI=1S/C11H12F3N3/c12-11(13,14)10(5-6-15)17-9-4-2-1-3-8(9)7-16-17/h1-4,7,10H,5-6,15H2. The van der Waals surface area contributed by atoms with E-state index in [-0.39, 0.29) is 13.0 Å².